The second kappa shape index (κ2) is 1.97. The molecule has 0 heterocycles. The zero-order chi connectivity index (χ0) is 5.15. The topological polar surface area (TPSA) is 19.9 Å². The van der Waals surface area contributed by atoms with E-state index in [1.54, 1.807) is 0 Å². The highest BCUT2D eigenvalue weighted by atomic mass is 35.5. The third kappa shape index (κ3) is 1.96. The Morgan fingerprint density at radius 3 is 1.67 bits per heavy atom. The van der Waals surface area contributed by atoms with E-state index < -0.39 is 11.3 Å². The Hall–Kier alpha value is -0.310. The second-order valence-electron chi connectivity index (χ2n) is 0.534. The van der Waals surface area contributed by atoms with Crippen LogP contribution in [-0.4, -0.2) is 0 Å². The number of halogens is 3. The van der Waals surface area contributed by atoms with Crippen molar-refractivity contribution in [1.82, 2.24) is 0 Å². The first-order chi connectivity index (χ1) is 2.64. The smallest absolute Gasteiger partial charge is 0.252 e. The van der Waals surface area contributed by atoms with Gasteiger partial charge in [-0.25, -0.2) is 0 Å². The van der Waals surface area contributed by atoms with Crippen LogP contribution >= 0.6 is 11.6 Å². The molecular weight excluding hydrogens is 113 g/mol. The van der Waals surface area contributed by atoms with Gasteiger partial charge in [-0.3, -0.25) is 5.11 Å². The van der Waals surface area contributed by atoms with Crippen molar-refractivity contribution in [2.45, 2.75) is 0 Å². The summed E-state index contributed by atoms with van der Waals surface area (Å²) in [6, 6.07) is -2.23. The summed E-state index contributed by atoms with van der Waals surface area (Å²) >= 11 is 4.14. The zero-order valence-electron chi connectivity index (χ0n) is 2.54. The van der Waals surface area contributed by atoms with Crippen LogP contribution in [0.3, 0.4) is 0 Å². The summed E-state index contributed by atoms with van der Waals surface area (Å²) in [5.41, 5.74) is 0. The molecule has 0 N–H and O–H groups in total. The molecule has 0 spiro atoms. The van der Waals surface area contributed by atoms with Crippen LogP contribution in [0.1, 0.15) is 0 Å². The maximum atomic E-state index is 10.8. The van der Waals surface area contributed by atoms with Gasteiger partial charge in [0.1, 0.15) is 0 Å². The Morgan fingerprint density at radius 2 is 1.67 bits per heavy atom. The minimum Gasteiger partial charge on any atom is -0.252 e. The minimum absolute atomic E-state index is 1.82. The molecule has 0 saturated heterocycles. The normalized spacial score (nSPS) is 13.8. The van der Waals surface area contributed by atoms with Gasteiger partial charge >= 0.3 is 6.01 Å². The van der Waals surface area contributed by atoms with E-state index in [1.807, 2.05) is 0 Å². The molecule has 1 nitrogen and oxygen atoms in total. The molecule has 0 aliphatic carbocycles. The van der Waals surface area contributed by atoms with Crippen LogP contribution in [0.5, 0.6) is 0 Å². The second-order valence-corrected chi connectivity index (χ2v) is 0.866. The van der Waals surface area contributed by atoms with E-state index in [9.17, 15) is 8.78 Å². The zero-order valence-corrected chi connectivity index (χ0v) is 3.30. The molecule has 4 heteroatoms. The van der Waals surface area contributed by atoms with Crippen LogP contribution in [0.4, 0.5) is 8.78 Å². The van der Waals surface area contributed by atoms with Gasteiger partial charge in [0.15, 0.2) is 0 Å². The predicted octanol–water partition coefficient (Wildman–Crippen LogP) is 1.72. The Bertz CT molecular complexity index is 61.6. The summed E-state index contributed by atoms with van der Waals surface area (Å²) < 4.78 is 21.4. The van der Waals surface area contributed by atoms with Crippen LogP contribution in [0.2, 0.25) is 0 Å². The summed E-state index contributed by atoms with van der Waals surface area (Å²) in [7, 11) is 0. The highest BCUT2D eigenvalue weighted by Gasteiger charge is 1.97. The Balaban J connectivity index is 3.68. The summed E-state index contributed by atoms with van der Waals surface area (Å²) in [6.45, 7) is 0. The van der Waals surface area contributed by atoms with Crippen LogP contribution in [-0.2, 0) is 5.11 Å². The molecule has 0 aromatic heterocycles. The average Bonchev–Trinajstić information content (AvgIpc) is 1.36. The van der Waals surface area contributed by atoms with Gasteiger partial charge in [-0.1, -0.05) is 0 Å². The fourth-order valence-corrected chi connectivity index (χ4v) is 0. The first kappa shape index (κ1) is 5.69. The van der Waals surface area contributed by atoms with Crippen molar-refractivity contribution in [3.63, 3.8) is 0 Å². The average molecular weight is 113 g/mol. The molecule has 35 valence electrons. The van der Waals surface area contributed by atoms with Crippen molar-refractivity contribution in [1.29, 1.82) is 0 Å². The van der Waals surface area contributed by atoms with Crippen molar-refractivity contribution in [2.75, 3.05) is 0 Å². The van der Waals surface area contributed by atoms with Gasteiger partial charge in [0.25, 0.3) is 5.29 Å². The Kier molecular flexibility index (Phi) is 1.87. The summed E-state index contributed by atoms with van der Waals surface area (Å²) in [5, 5.41) is 7.11. The fourth-order valence-electron chi connectivity index (χ4n) is 0. The molecule has 0 fully saturated rings. The van der Waals surface area contributed by atoms with Gasteiger partial charge in [-0.05, 0) is 11.6 Å². The molecule has 0 unspecified atom stereocenters. The summed E-state index contributed by atoms with van der Waals surface area (Å²) in [5.74, 6) is 0. The van der Waals surface area contributed by atoms with E-state index in [4.69, 9.17) is 5.11 Å². The molecule has 0 atom stereocenters. The summed E-state index contributed by atoms with van der Waals surface area (Å²) in [4.78, 5) is 0. The van der Waals surface area contributed by atoms with Gasteiger partial charge < -0.3 is 0 Å². The SMILES string of the molecule is [O]/C(F)=C(\F)Cl. The maximum Gasteiger partial charge on any atom is 0.372 e. The Labute approximate surface area is 37.8 Å². The number of hydrogen-bond acceptors (Lipinski definition) is 0. The molecule has 1 radical (unpaired) electrons. The minimum atomic E-state index is -2.23. The largest absolute Gasteiger partial charge is 0.372 e. The molecule has 0 aliphatic rings. The van der Waals surface area contributed by atoms with Crippen molar-refractivity contribution >= 4 is 11.6 Å². The predicted molar refractivity (Wildman–Crippen MR) is 15.8 cm³/mol. The van der Waals surface area contributed by atoms with Gasteiger partial charge in [0, 0.05) is 0 Å². The molecule has 0 aromatic rings. The lowest BCUT2D eigenvalue weighted by atomic mass is 11.1. The van der Waals surface area contributed by atoms with Gasteiger partial charge in [-0.15, -0.1) is 0 Å². The van der Waals surface area contributed by atoms with E-state index in [0.717, 1.165) is 0 Å². The lowest BCUT2D eigenvalue weighted by Crippen LogP contribution is -1.61. The Morgan fingerprint density at radius 1 is 1.50 bits per heavy atom. The molecule has 0 bridgehead atoms. The van der Waals surface area contributed by atoms with Crippen molar-refractivity contribution in [3.8, 4) is 0 Å². The van der Waals surface area contributed by atoms with Crippen molar-refractivity contribution in [3.05, 3.63) is 11.3 Å². The van der Waals surface area contributed by atoms with Crippen molar-refractivity contribution < 1.29 is 13.9 Å². The lowest BCUT2D eigenvalue weighted by Gasteiger charge is -1.69. The van der Waals surface area contributed by atoms with E-state index in [1.165, 1.54) is 0 Å². The highest BCUT2D eigenvalue weighted by Crippen LogP contribution is 2.07. The van der Waals surface area contributed by atoms with Gasteiger partial charge in [-0.2, -0.15) is 8.78 Å². The van der Waals surface area contributed by atoms with E-state index in [-0.39, 0.29) is 0 Å². The highest BCUT2D eigenvalue weighted by molar-refractivity contribution is 6.28. The van der Waals surface area contributed by atoms with Crippen LogP contribution in [0.25, 0.3) is 0 Å². The molecule has 0 amide bonds. The van der Waals surface area contributed by atoms with Crippen molar-refractivity contribution in [2.24, 2.45) is 0 Å². The quantitative estimate of drug-likeness (QED) is 0.426. The summed E-state index contributed by atoms with van der Waals surface area (Å²) in [6.07, 6.45) is 0. The van der Waals surface area contributed by atoms with E-state index in [0.29, 0.717) is 0 Å². The van der Waals surface area contributed by atoms with E-state index in [2.05, 4.69) is 11.6 Å². The third-order valence-corrected chi connectivity index (χ3v) is 0.297. The monoisotopic (exact) mass is 113 g/mol. The molecule has 0 aromatic carbocycles. The molecular formula is C2ClF2O. The number of rotatable bonds is 0. The molecule has 6 heavy (non-hydrogen) atoms. The maximum absolute atomic E-state index is 10.8. The molecule has 0 saturated carbocycles. The van der Waals surface area contributed by atoms with Crippen LogP contribution in [0, 0.1) is 0 Å². The molecule has 0 aliphatic heterocycles. The standard InChI is InChI=1S/C2ClF2O/c3-1(4)2(5)6/b2-1-. The van der Waals surface area contributed by atoms with Gasteiger partial charge in [0.2, 0.25) is 0 Å². The fraction of sp³-hybridized carbons (Fsp3) is 0. The molecule has 0 rings (SSSR count). The van der Waals surface area contributed by atoms with Crippen LogP contribution < -0.4 is 0 Å². The van der Waals surface area contributed by atoms with E-state index >= 15 is 0 Å². The first-order valence-electron chi connectivity index (χ1n) is 1.02. The first-order valence-corrected chi connectivity index (χ1v) is 1.40. The number of hydrogen-bond donors (Lipinski definition) is 0. The van der Waals surface area contributed by atoms with Gasteiger partial charge in [0.05, 0.1) is 0 Å². The van der Waals surface area contributed by atoms with Crippen LogP contribution in [0.15, 0.2) is 11.3 Å². The lowest BCUT2D eigenvalue weighted by molar-refractivity contribution is 0.187. The third-order valence-electron chi connectivity index (χ3n) is 0.149.